The molecule has 92 valence electrons. The van der Waals surface area contributed by atoms with Gasteiger partial charge in [-0.05, 0) is 19.9 Å². The Hall–Kier alpha value is -0.630. The van der Waals surface area contributed by atoms with E-state index in [1.54, 1.807) is 0 Å². The summed E-state index contributed by atoms with van der Waals surface area (Å²) in [5.41, 5.74) is -0.457. The summed E-state index contributed by atoms with van der Waals surface area (Å²) in [6, 6.07) is 2.29. The van der Waals surface area contributed by atoms with Gasteiger partial charge in [-0.15, -0.1) is 0 Å². The zero-order valence-electron chi connectivity index (χ0n) is 10.3. The molecule has 2 unspecified atom stereocenters. The maximum atomic E-state index is 9.04. The van der Waals surface area contributed by atoms with Gasteiger partial charge in [-0.3, -0.25) is 5.32 Å². The molecule has 0 amide bonds. The van der Waals surface area contributed by atoms with E-state index in [0.717, 1.165) is 39.2 Å². The summed E-state index contributed by atoms with van der Waals surface area (Å²) in [7, 11) is 0. The molecule has 4 nitrogen and oxygen atoms in total. The first-order valence-corrected chi connectivity index (χ1v) is 6.02. The first kappa shape index (κ1) is 13.4. The summed E-state index contributed by atoms with van der Waals surface area (Å²) in [6.45, 7) is 7.80. The number of hydrogen-bond donors (Lipinski definition) is 1. The molecule has 0 radical (unpaired) electrons. The Kier molecular flexibility index (Phi) is 5.75. The Morgan fingerprint density at radius 3 is 3.00 bits per heavy atom. The highest BCUT2D eigenvalue weighted by Gasteiger charge is 2.22. The second kappa shape index (κ2) is 6.85. The lowest BCUT2D eigenvalue weighted by molar-refractivity contribution is 0.0800. The second-order valence-corrected chi connectivity index (χ2v) is 4.53. The predicted octanol–water partition coefficient (Wildman–Crippen LogP) is 1.32. The van der Waals surface area contributed by atoms with Gasteiger partial charge in [0.1, 0.15) is 5.54 Å². The van der Waals surface area contributed by atoms with Crippen LogP contribution in [-0.2, 0) is 9.47 Å². The zero-order chi connectivity index (χ0) is 11.9. The van der Waals surface area contributed by atoms with Crippen LogP contribution in [-0.4, -0.2) is 38.5 Å². The summed E-state index contributed by atoms with van der Waals surface area (Å²) in [5, 5.41) is 12.2. The van der Waals surface area contributed by atoms with Crippen LogP contribution in [0.2, 0.25) is 0 Å². The molecule has 0 saturated carbocycles. The highest BCUT2D eigenvalue weighted by molar-refractivity contribution is 5.03. The van der Waals surface area contributed by atoms with Crippen LogP contribution in [0.25, 0.3) is 0 Å². The quantitative estimate of drug-likeness (QED) is 0.665. The highest BCUT2D eigenvalue weighted by Crippen LogP contribution is 2.13. The van der Waals surface area contributed by atoms with Gasteiger partial charge in [-0.2, -0.15) is 5.26 Å². The molecule has 0 aliphatic carbocycles. The lowest BCUT2D eigenvalue weighted by Crippen LogP contribution is -2.41. The maximum Gasteiger partial charge on any atom is 0.106 e. The van der Waals surface area contributed by atoms with E-state index in [1.165, 1.54) is 0 Å². The summed E-state index contributed by atoms with van der Waals surface area (Å²) >= 11 is 0. The van der Waals surface area contributed by atoms with E-state index >= 15 is 0 Å². The molecule has 2 atom stereocenters. The van der Waals surface area contributed by atoms with Crippen LogP contribution < -0.4 is 5.32 Å². The Balaban J connectivity index is 2.11. The fourth-order valence-electron chi connectivity index (χ4n) is 1.82. The first-order valence-electron chi connectivity index (χ1n) is 6.02. The Bertz CT molecular complexity index is 234. The van der Waals surface area contributed by atoms with E-state index < -0.39 is 5.54 Å². The average Bonchev–Trinajstić information content (AvgIpc) is 2.78. The van der Waals surface area contributed by atoms with Gasteiger partial charge in [0, 0.05) is 25.6 Å². The fraction of sp³-hybridized carbons (Fsp3) is 0.917. The lowest BCUT2D eigenvalue weighted by atomic mass is 10.0. The van der Waals surface area contributed by atoms with Crippen molar-refractivity contribution in [3.8, 4) is 6.07 Å². The van der Waals surface area contributed by atoms with Crippen LogP contribution >= 0.6 is 0 Å². The zero-order valence-corrected chi connectivity index (χ0v) is 10.3. The molecule has 1 fully saturated rings. The molecule has 1 aliphatic heterocycles. The van der Waals surface area contributed by atoms with Gasteiger partial charge in [0.05, 0.1) is 19.3 Å². The van der Waals surface area contributed by atoms with Crippen LogP contribution in [0.5, 0.6) is 0 Å². The average molecular weight is 226 g/mol. The minimum Gasteiger partial charge on any atom is -0.381 e. The molecule has 1 aliphatic rings. The molecule has 0 aromatic carbocycles. The van der Waals surface area contributed by atoms with Gasteiger partial charge < -0.3 is 9.47 Å². The van der Waals surface area contributed by atoms with E-state index in [0.29, 0.717) is 12.5 Å². The SMILES string of the molecule is CCNC(C)(C#N)CCOCC1CCOC1. The molecule has 0 aromatic rings. The van der Waals surface area contributed by atoms with Gasteiger partial charge >= 0.3 is 0 Å². The summed E-state index contributed by atoms with van der Waals surface area (Å²) < 4.78 is 10.9. The Morgan fingerprint density at radius 2 is 2.44 bits per heavy atom. The molecule has 1 rings (SSSR count). The second-order valence-electron chi connectivity index (χ2n) is 4.53. The molecule has 0 bridgehead atoms. The van der Waals surface area contributed by atoms with Crippen molar-refractivity contribution in [1.29, 1.82) is 5.26 Å². The third-order valence-electron chi connectivity index (χ3n) is 2.94. The molecule has 1 heterocycles. The van der Waals surface area contributed by atoms with Crippen molar-refractivity contribution in [2.45, 2.75) is 32.2 Å². The van der Waals surface area contributed by atoms with Crippen LogP contribution in [0, 0.1) is 17.2 Å². The molecule has 0 aromatic heterocycles. The molecule has 1 saturated heterocycles. The van der Waals surface area contributed by atoms with Gasteiger partial charge in [0.2, 0.25) is 0 Å². The van der Waals surface area contributed by atoms with E-state index in [2.05, 4.69) is 11.4 Å². The molecule has 16 heavy (non-hydrogen) atoms. The topological polar surface area (TPSA) is 54.3 Å². The highest BCUT2D eigenvalue weighted by atomic mass is 16.5. The van der Waals surface area contributed by atoms with E-state index in [-0.39, 0.29) is 0 Å². The van der Waals surface area contributed by atoms with Crippen molar-refractivity contribution in [2.75, 3.05) is 33.0 Å². The molecule has 4 heteroatoms. The van der Waals surface area contributed by atoms with Crippen molar-refractivity contribution < 1.29 is 9.47 Å². The monoisotopic (exact) mass is 226 g/mol. The number of nitrogens with zero attached hydrogens (tertiary/aromatic N) is 1. The summed E-state index contributed by atoms with van der Waals surface area (Å²) in [4.78, 5) is 0. The number of rotatable bonds is 7. The molecular formula is C12H22N2O2. The molecular weight excluding hydrogens is 204 g/mol. The first-order chi connectivity index (χ1) is 7.70. The van der Waals surface area contributed by atoms with Crippen LogP contribution in [0.4, 0.5) is 0 Å². The minimum absolute atomic E-state index is 0.457. The van der Waals surface area contributed by atoms with Crippen LogP contribution in [0.3, 0.4) is 0 Å². The number of nitriles is 1. The van der Waals surface area contributed by atoms with Gasteiger partial charge in [-0.25, -0.2) is 0 Å². The third-order valence-corrected chi connectivity index (χ3v) is 2.94. The summed E-state index contributed by atoms with van der Waals surface area (Å²) in [5.74, 6) is 0.549. The Labute approximate surface area is 97.9 Å². The van der Waals surface area contributed by atoms with E-state index in [9.17, 15) is 0 Å². The van der Waals surface area contributed by atoms with Crippen molar-refractivity contribution in [2.24, 2.45) is 5.92 Å². The maximum absolute atomic E-state index is 9.04. The fourth-order valence-corrected chi connectivity index (χ4v) is 1.82. The number of nitrogens with one attached hydrogen (secondary N) is 1. The van der Waals surface area contributed by atoms with Crippen LogP contribution in [0.15, 0.2) is 0 Å². The van der Waals surface area contributed by atoms with Crippen molar-refractivity contribution in [3.05, 3.63) is 0 Å². The van der Waals surface area contributed by atoms with Gasteiger partial charge in [-0.1, -0.05) is 6.92 Å². The third kappa shape index (κ3) is 4.48. The predicted molar refractivity (Wildman–Crippen MR) is 62.1 cm³/mol. The van der Waals surface area contributed by atoms with Crippen molar-refractivity contribution in [1.82, 2.24) is 5.32 Å². The molecule has 1 N–H and O–H groups in total. The minimum atomic E-state index is -0.457. The lowest BCUT2D eigenvalue weighted by Gasteiger charge is -2.22. The van der Waals surface area contributed by atoms with Gasteiger partial charge in [0.15, 0.2) is 0 Å². The van der Waals surface area contributed by atoms with Crippen molar-refractivity contribution in [3.63, 3.8) is 0 Å². The smallest absolute Gasteiger partial charge is 0.106 e. The molecule has 0 spiro atoms. The standard InChI is InChI=1S/C12H22N2O2/c1-3-14-12(2,10-13)5-7-16-9-11-4-6-15-8-11/h11,14H,3-9H2,1-2H3. The van der Waals surface area contributed by atoms with E-state index in [1.807, 2.05) is 13.8 Å². The van der Waals surface area contributed by atoms with Gasteiger partial charge in [0.25, 0.3) is 0 Å². The number of ether oxygens (including phenoxy) is 2. The van der Waals surface area contributed by atoms with Crippen LogP contribution in [0.1, 0.15) is 26.7 Å². The van der Waals surface area contributed by atoms with Crippen molar-refractivity contribution >= 4 is 0 Å². The largest absolute Gasteiger partial charge is 0.381 e. The normalized spacial score (nSPS) is 23.9. The Morgan fingerprint density at radius 1 is 1.62 bits per heavy atom. The number of hydrogen-bond acceptors (Lipinski definition) is 4. The van der Waals surface area contributed by atoms with E-state index in [4.69, 9.17) is 14.7 Å². The summed E-state index contributed by atoms with van der Waals surface area (Å²) in [6.07, 6.45) is 1.83.